The van der Waals surface area contributed by atoms with Gasteiger partial charge in [-0.15, -0.1) is 0 Å². The first kappa shape index (κ1) is 21.0. The number of para-hydroxylation sites is 2. The molecule has 0 saturated carbocycles. The van der Waals surface area contributed by atoms with Gasteiger partial charge in [0.25, 0.3) is 11.8 Å². The summed E-state index contributed by atoms with van der Waals surface area (Å²) in [5, 5.41) is 2.57. The third-order valence-electron chi connectivity index (χ3n) is 3.89. The first-order valence-electron chi connectivity index (χ1n) is 9.30. The van der Waals surface area contributed by atoms with E-state index in [9.17, 15) is 14.4 Å². The number of rotatable bonds is 3. The second kappa shape index (κ2) is 8.73. The smallest absolute Gasteiger partial charge is 0.412 e. The molecule has 1 aliphatic rings. The second-order valence-electron chi connectivity index (χ2n) is 7.51. The first-order valence-corrected chi connectivity index (χ1v) is 9.30. The zero-order valence-electron chi connectivity index (χ0n) is 16.9. The summed E-state index contributed by atoms with van der Waals surface area (Å²) < 4.78 is 16.2. The van der Waals surface area contributed by atoms with Crippen molar-refractivity contribution in [1.29, 1.82) is 0 Å². The fourth-order valence-electron chi connectivity index (χ4n) is 2.55. The van der Waals surface area contributed by atoms with Gasteiger partial charge in [0.15, 0.2) is 11.5 Å². The van der Waals surface area contributed by atoms with Gasteiger partial charge in [-0.3, -0.25) is 25.8 Å². The van der Waals surface area contributed by atoms with Gasteiger partial charge in [-0.2, -0.15) is 0 Å². The minimum absolute atomic E-state index is 0.0315. The quantitative estimate of drug-likeness (QED) is 0.667. The van der Waals surface area contributed by atoms with Crippen LogP contribution in [0.2, 0.25) is 0 Å². The van der Waals surface area contributed by atoms with Crippen molar-refractivity contribution in [3.05, 3.63) is 54.1 Å². The van der Waals surface area contributed by atoms with Crippen LogP contribution in [-0.4, -0.2) is 36.2 Å². The summed E-state index contributed by atoms with van der Waals surface area (Å²) in [7, 11) is 0. The van der Waals surface area contributed by atoms with Crippen LogP contribution in [-0.2, 0) is 9.53 Å². The molecular formula is C21H23N3O6. The molecule has 158 valence electrons. The Bertz CT molecular complexity index is 937. The fourth-order valence-corrected chi connectivity index (χ4v) is 2.55. The molecule has 0 radical (unpaired) electrons. The summed E-state index contributed by atoms with van der Waals surface area (Å²) in [6.45, 7) is 5.32. The summed E-state index contributed by atoms with van der Waals surface area (Å²) >= 11 is 0. The van der Waals surface area contributed by atoms with E-state index in [1.165, 1.54) is 12.1 Å². The van der Waals surface area contributed by atoms with E-state index in [-0.39, 0.29) is 12.2 Å². The monoisotopic (exact) mass is 413 g/mol. The van der Waals surface area contributed by atoms with Crippen LogP contribution in [0.25, 0.3) is 0 Å². The van der Waals surface area contributed by atoms with E-state index in [1.54, 1.807) is 57.2 Å². The van der Waals surface area contributed by atoms with Gasteiger partial charge in [0.1, 0.15) is 12.2 Å². The Morgan fingerprint density at radius 2 is 1.63 bits per heavy atom. The average Bonchev–Trinajstić information content (AvgIpc) is 2.70. The van der Waals surface area contributed by atoms with Gasteiger partial charge in [0.2, 0.25) is 6.10 Å². The molecule has 0 unspecified atom stereocenters. The number of carbonyl (C=O) groups excluding carboxylic acids is 3. The lowest BCUT2D eigenvalue weighted by atomic mass is 10.2. The summed E-state index contributed by atoms with van der Waals surface area (Å²) in [5.41, 5.74) is 4.79. The molecule has 3 amide bonds. The molecule has 30 heavy (non-hydrogen) atoms. The molecule has 9 heteroatoms. The summed E-state index contributed by atoms with van der Waals surface area (Å²) in [5.74, 6) is -0.0423. The van der Waals surface area contributed by atoms with Crippen LogP contribution >= 0.6 is 0 Å². The van der Waals surface area contributed by atoms with Crippen molar-refractivity contribution in [2.24, 2.45) is 0 Å². The van der Waals surface area contributed by atoms with Crippen LogP contribution in [0.3, 0.4) is 0 Å². The van der Waals surface area contributed by atoms with Gasteiger partial charge in [-0.05, 0) is 57.2 Å². The van der Waals surface area contributed by atoms with Crippen molar-refractivity contribution in [2.45, 2.75) is 32.5 Å². The lowest BCUT2D eigenvalue weighted by Gasteiger charge is -2.25. The number of nitrogens with one attached hydrogen (secondary N) is 3. The number of ether oxygens (including phenoxy) is 3. The maximum absolute atomic E-state index is 12.2. The molecule has 0 fully saturated rings. The van der Waals surface area contributed by atoms with Crippen LogP contribution in [0.5, 0.6) is 11.5 Å². The Balaban J connectivity index is 1.49. The molecule has 3 rings (SSSR count). The number of amides is 3. The van der Waals surface area contributed by atoms with Crippen molar-refractivity contribution in [3.8, 4) is 11.5 Å². The SMILES string of the molecule is CC(C)(C)OC(=O)Nc1ccc(C(=O)NNC(=O)[C@@H]2COc3ccccc3O2)cc1. The topological polar surface area (TPSA) is 115 Å². The van der Waals surface area contributed by atoms with E-state index in [4.69, 9.17) is 14.2 Å². The van der Waals surface area contributed by atoms with Gasteiger partial charge < -0.3 is 14.2 Å². The molecule has 2 aromatic carbocycles. The number of benzene rings is 2. The molecule has 0 bridgehead atoms. The molecule has 1 heterocycles. The number of carbonyl (C=O) groups is 3. The summed E-state index contributed by atoms with van der Waals surface area (Å²) in [4.78, 5) is 36.3. The van der Waals surface area contributed by atoms with Crippen LogP contribution in [0.15, 0.2) is 48.5 Å². The van der Waals surface area contributed by atoms with Crippen molar-refractivity contribution < 1.29 is 28.6 Å². The van der Waals surface area contributed by atoms with Gasteiger partial charge in [-0.1, -0.05) is 12.1 Å². The van der Waals surface area contributed by atoms with E-state index >= 15 is 0 Å². The van der Waals surface area contributed by atoms with Crippen molar-refractivity contribution in [3.63, 3.8) is 0 Å². The minimum Gasteiger partial charge on any atom is -0.485 e. The number of anilines is 1. The largest absolute Gasteiger partial charge is 0.485 e. The fraction of sp³-hybridized carbons (Fsp3) is 0.286. The highest BCUT2D eigenvalue weighted by Gasteiger charge is 2.27. The molecule has 0 aromatic heterocycles. The predicted molar refractivity (Wildman–Crippen MR) is 108 cm³/mol. The van der Waals surface area contributed by atoms with Gasteiger partial charge >= 0.3 is 6.09 Å². The maximum atomic E-state index is 12.2. The van der Waals surface area contributed by atoms with Crippen molar-refractivity contribution >= 4 is 23.6 Å². The van der Waals surface area contributed by atoms with E-state index < -0.39 is 29.6 Å². The van der Waals surface area contributed by atoms with Crippen LogP contribution in [0, 0.1) is 0 Å². The molecule has 2 aromatic rings. The Kier molecular flexibility index (Phi) is 6.10. The molecular weight excluding hydrogens is 390 g/mol. The van der Waals surface area contributed by atoms with E-state index in [0.29, 0.717) is 17.2 Å². The summed E-state index contributed by atoms with van der Waals surface area (Å²) in [6.07, 6.45) is -1.48. The molecule has 1 atom stereocenters. The average molecular weight is 413 g/mol. The number of fused-ring (bicyclic) bond motifs is 1. The first-order chi connectivity index (χ1) is 14.2. The minimum atomic E-state index is -0.888. The molecule has 0 saturated heterocycles. The maximum Gasteiger partial charge on any atom is 0.412 e. The zero-order valence-corrected chi connectivity index (χ0v) is 16.9. The second-order valence-corrected chi connectivity index (χ2v) is 7.51. The van der Waals surface area contributed by atoms with Crippen LogP contribution in [0.1, 0.15) is 31.1 Å². The normalized spacial score (nSPS) is 15.0. The predicted octanol–water partition coefficient (Wildman–Crippen LogP) is 2.63. The Morgan fingerprint density at radius 1 is 0.967 bits per heavy atom. The van der Waals surface area contributed by atoms with E-state index in [0.717, 1.165) is 0 Å². The third-order valence-corrected chi connectivity index (χ3v) is 3.89. The summed E-state index contributed by atoms with van der Waals surface area (Å²) in [6, 6.07) is 13.1. The van der Waals surface area contributed by atoms with E-state index in [1.807, 2.05) is 0 Å². The van der Waals surface area contributed by atoms with Crippen molar-refractivity contribution in [2.75, 3.05) is 11.9 Å². The van der Waals surface area contributed by atoms with Crippen molar-refractivity contribution in [1.82, 2.24) is 10.9 Å². The molecule has 3 N–H and O–H groups in total. The number of hydrogen-bond acceptors (Lipinski definition) is 6. The van der Waals surface area contributed by atoms with Crippen LogP contribution in [0.4, 0.5) is 10.5 Å². The molecule has 1 aliphatic heterocycles. The molecule has 0 spiro atoms. The Hall–Kier alpha value is -3.75. The van der Waals surface area contributed by atoms with Crippen LogP contribution < -0.4 is 25.6 Å². The molecule has 0 aliphatic carbocycles. The van der Waals surface area contributed by atoms with Gasteiger partial charge in [0.05, 0.1) is 0 Å². The Morgan fingerprint density at radius 3 is 2.30 bits per heavy atom. The number of hydrazine groups is 1. The standard InChI is InChI=1S/C21H23N3O6/c1-21(2,3)30-20(27)22-14-10-8-13(9-11-14)18(25)23-24-19(26)17-12-28-15-6-4-5-7-16(15)29-17/h4-11,17H,12H2,1-3H3,(H,22,27)(H,23,25)(H,24,26)/t17-/m0/s1. The highest BCUT2D eigenvalue weighted by atomic mass is 16.6. The third kappa shape index (κ3) is 5.63. The highest BCUT2D eigenvalue weighted by molar-refractivity contribution is 5.96. The lowest BCUT2D eigenvalue weighted by molar-refractivity contribution is -0.131. The zero-order chi connectivity index (χ0) is 21.7. The Labute approximate surface area is 173 Å². The number of hydrogen-bond donors (Lipinski definition) is 3. The van der Waals surface area contributed by atoms with Gasteiger partial charge in [0, 0.05) is 11.3 Å². The highest BCUT2D eigenvalue weighted by Crippen LogP contribution is 2.30. The van der Waals surface area contributed by atoms with Gasteiger partial charge in [-0.25, -0.2) is 4.79 Å². The molecule has 9 nitrogen and oxygen atoms in total. The van der Waals surface area contributed by atoms with E-state index in [2.05, 4.69) is 16.2 Å². The lowest BCUT2D eigenvalue weighted by Crippen LogP contribution is -2.50.